The minimum atomic E-state index is -0.823. The van der Waals surface area contributed by atoms with Crippen molar-refractivity contribution in [2.45, 2.75) is 233 Å². The molecule has 352 valence electrons. The Balaban J connectivity index is 4.85. The zero-order valence-corrected chi connectivity index (χ0v) is 39.6. The molecular formula is C50H93NO9. The monoisotopic (exact) mass is 852 g/mol. The number of carbonyl (C=O) groups is 4. The summed E-state index contributed by atoms with van der Waals surface area (Å²) in [6.45, 7) is 13.3. The highest BCUT2D eigenvalue weighted by Crippen LogP contribution is 2.18. The van der Waals surface area contributed by atoms with Crippen LogP contribution in [0.5, 0.6) is 0 Å². The Morgan fingerprint density at radius 2 is 0.917 bits per heavy atom. The molecule has 0 fully saturated rings. The first kappa shape index (κ1) is 57.4. The lowest BCUT2D eigenvalue weighted by atomic mass is 10.0. The van der Waals surface area contributed by atoms with Crippen molar-refractivity contribution >= 4 is 24.1 Å². The van der Waals surface area contributed by atoms with Crippen LogP contribution in [0, 0.1) is 5.92 Å². The highest BCUT2D eigenvalue weighted by molar-refractivity contribution is 5.91. The summed E-state index contributed by atoms with van der Waals surface area (Å²) in [5, 5.41) is 0. The maximum absolute atomic E-state index is 12.9. The molecule has 0 aliphatic rings. The average Bonchev–Trinajstić information content (AvgIpc) is 3.24. The van der Waals surface area contributed by atoms with Crippen molar-refractivity contribution in [2.75, 3.05) is 46.1 Å². The number of carbonyl (C=O) groups excluding carboxylic acids is 4. The fraction of sp³-hybridized carbons (Fsp3) is 0.880. The van der Waals surface area contributed by atoms with Crippen LogP contribution in [0.25, 0.3) is 0 Å². The third-order valence-electron chi connectivity index (χ3n) is 11.1. The zero-order valence-electron chi connectivity index (χ0n) is 39.6. The van der Waals surface area contributed by atoms with Crippen molar-refractivity contribution in [1.82, 2.24) is 4.90 Å². The Morgan fingerprint density at radius 1 is 0.467 bits per heavy atom. The number of nitrogens with zero attached hydrogens (tertiary/aromatic N) is 1. The first-order chi connectivity index (χ1) is 29.3. The molecule has 0 aliphatic carbocycles. The van der Waals surface area contributed by atoms with E-state index in [2.05, 4.69) is 51.7 Å². The van der Waals surface area contributed by atoms with Crippen LogP contribution in [0.2, 0.25) is 0 Å². The molecule has 0 saturated heterocycles. The van der Waals surface area contributed by atoms with Crippen LogP contribution >= 0.6 is 0 Å². The Bertz CT molecular complexity index is 1020. The summed E-state index contributed by atoms with van der Waals surface area (Å²) < 4.78 is 27.4. The Hall–Kier alpha value is -2.62. The van der Waals surface area contributed by atoms with Crippen molar-refractivity contribution < 1.29 is 42.9 Å². The van der Waals surface area contributed by atoms with Gasteiger partial charge in [0.15, 0.2) is 0 Å². The molecule has 0 saturated carbocycles. The van der Waals surface area contributed by atoms with Gasteiger partial charge in [-0.15, -0.1) is 0 Å². The molecule has 1 atom stereocenters. The maximum Gasteiger partial charge on any atom is 0.508 e. The number of allylic oxidation sites excluding steroid dienone is 2. The van der Waals surface area contributed by atoms with Gasteiger partial charge in [-0.1, -0.05) is 162 Å². The molecular weight excluding hydrogens is 759 g/mol. The highest BCUT2D eigenvalue weighted by atomic mass is 16.7. The van der Waals surface area contributed by atoms with Crippen molar-refractivity contribution in [3.05, 3.63) is 12.2 Å². The van der Waals surface area contributed by atoms with Crippen LogP contribution in [0.15, 0.2) is 12.2 Å². The normalized spacial score (nSPS) is 12.0. The van der Waals surface area contributed by atoms with Gasteiger partial charge in [-0.2, -0.15) is 0 Å². The second kappa shape index (κ2) is 44.4. The number of rotatable bonds is 44. The van der Waals surface area contributed by atoms with Gasteiger partial charge < -0.3 is 28.6 Å². The summed E-state index contributed by atoms with van der Waals surface area (Å²) in [5.41, 5.74) is 0. The molecule has 0 aliphatic heterocycles. The standard InChI is InChI=1S/C50H93NO9/c1-6-11-14-17-20-21-22-23-24-25-26-27-28-31-34-38-47(52)57-42-45(44-59-50(55)56-40-35-39-51(9-4)10-5)43-58-48(53)41-49(54)60-46(36-32-29-18-15-12-7-2)37-33-30-19-16-13-8-3/h23-24,45-46H,6-22,25-44H2,1-5H3/b24-23-. The second-order valence-electron chi connectivity index (χ2n) is 16.8. The summed E-state index contributed by atoms with van der Waals surface area (Å²) in [7, 11) is 0. The predicted molar refractivity (Wildman–Crippen MR) is 245 cm³/mol. The first-order valence-corrected chi connectivity index (χ1v) is 25.0. The van der Waals surface area contributed by atoms with Crippen molar-refractivity contribution in [3.63, 3.8) is 0 Å². The van der Waals surface area contributed by atoms with Crippen molar-refractivity contribution in [2.24, 2.45) is 5.92 Å². The molecule has 0 aromatic rings. The van der Waals surface area contributed by atoms with Gasteiger partial charge >= 0.3 is 24.1 Å². The number of esters is 3. The molecule has 0 amide bonds. The van der Waals surface area contributed by atoms with Gasteiger partial charge in [-0.25, -0.2) is 4.79 Å². The van der Waals surface area contributed by atoms with E-state index in [1.165, 1.54) is 96.3 Å². The van der Waals surface area contributed by atoms with E-state index in [4.69, 9.17) is 23.7 Å². The van der Waals surface area contributed by atoms with Crippen molar-refractivity contribution in [3.8, 4) is 0 Å². The van der Waals surface area contributed by atoms with E-state index in [-0.39, 0.29) is 38.5 Å². The molecule has 0 radical (unpaired) electrons. The number of ether oxygens (including phenoxy) is 5. The summed E-state index contributed by atoms with van der Waals surface area (Å²) >= 11 is 0. The van der Waals surface area contributed by atoms with E-state index in [9.17, 15) is 19.2 Å². The summed E-state index contributed by atoms with van der Waals surface area (Å²) in [6, 6.07) is 0. The van der Waals surface area contributed by atoms with Gasteiger partial charge in [0.1, 0.15) is 32.3 Å². The van der Waals surface area contributed by atoms with Crippen LogP contribution < -0.4 is 0 Å². The van der Waals surface area contributed by atoms with Crippen LogP contribution in [0.1, 0.15) is 227 Å². The maximum atomic E-state index is 12.9. The number of hydrogen-bond donors (Lipinski definition) is 0. The lowest BCUT2D eigenvalue weighted by Gasteiger charge is -2.19. The molecule has 10 nitrogen and oxygen atoms in total. The first-order valence-electron chi connectivity index (χ1n) is 25.0. The van der Waals surface area contributed by atoms with E-state index in [0.717, 1.165) is 96.7 Å². The van der Waals surface area contributed by atoms with Crippen LogP contribution in [-0.2, 0) is 38.1 Å². The smallest absolute Gasteiger partial charge is 0.465 e. The summed E-state index contributed by atoms with van der Waals surface area (Å²) in [6.07, 6.45) is 35.0. The summed E-state index contributed by atoms with van der Waals surface area (Å²) in [4.78, 5) is 52.9. The Kier molecular flexibility index (Phi) is 42.5. The molecule has 0 bridgehead atoms. The van der Waals surface area contributed by atoms with E-state index in [1.807, 2.05) is 0 Å². The molecule has 60 heavy (non-hydrogen) atoms. The SMILES string of the molecule is CCCCCCCC/C=C\CCCCCCCC(=O)OCC(COC(=O)CC(=O)OC(CCCCCCCC)CCCCCCCC)COC(=O)OCCCN(CC)CC. The lowest BCUT2D eigenvalue weighted by molar-refractivity contribution is -0.159. The molecule has 0 heterocycles. The quantitative estimate of drug-likeness (QED) is 0.0193. The fourth-order valence-corrected chi connectivity index (χ4v) is 7.15. The van der Waals surface area contributed by atoms with Crippen molar-refractivity contribution in [1.29, 1.82) is 0 Å². The van der Waals surface area contributed by atoms with Gasteiger partial charge in [0.25, 0.3) is 0 Å². The fourth-order valence-electron chi connectivity index (χ4n) is 7.15. The molecule has 1 unspecified atom stereocenters. The minimum Gasteiger partial charge on any atom is -0.465 e. The third kappa shape index (κ3) is 39.5. The molecule has 0 rings (SSSR count). The van der Waals surface area contributed by atoms with Gasteiger partial charge in [-0.05, 0) is 77.3 Å². The lowest BCUT2D eigenvalue weighted by Crippen LogP contribution is -2.28. The molecule has 0 spiro atoms. The molecule has 0 aromatic carbocycles. The average molecular weight is 852 g/mol. The summed E-state index contributed by atoms with van der Waals surface area (Å²) in [5.74, 6) is -2.26. The van der Waals surface area contributed by atoms with Gasteiger partial charge in [0.2, 0.25) is 0 Å². The Morgan fingerprint density at radius 3 is 1.43 bits per heavy atom. The third-order valence-corrected chi connectivity index (χ3v) is 11.1. The largest absolute Gasteiger partial charge is 0.508 e. The van der Waals surface area contributed by atoms with E-state index >= 15 is 0 Å². The predicted octanol–water partition coefficient (Wildman–Crippen LogP) is 13.4. The van der Waals surface area contributed by atoms with E-state index in [0.29, 0.717) is 12.8 Å². The highest BCUT2D eigenvalue weighted by Gasteiger charge is 2.22. The minimum absolute atomic E-state index is 0.0878. The number of unbranched alkanes of at least 4 members (excludes halogenated alkanes) is 21. The Labute approximate surface area is 368 Å². The van der Waals surface area contributed by atoms with E-state index in [1.54, 1.807) is 0 Å². The second-order valence-corrected chi connectivity index (χ2v) is 16.8. The number of hydrogen-bond acceptors (Lipinski definition) is 10. The van der Waals surface area contributed by atoms with Crippen LogP contribution in [0.4, 0.5) is 4.79 Å². The molecule has 10 heteroatoms. The topological polar surface area (TPSA) is 118 Å². The molecule has 0 aromatic heterocycles. The zero-order chi connectivity index (χ0) is 44.2. The molecule has 0 N–H and O–H groups in total. The van der Waals surface area contributed by atoms with Crippen LogP contribution in [-0.4, -0.2) is 81.1 Å². The van der Waals surface area contributed by atoms with Crippen LogP contribution in [0.3, 0.4) is 0 Å². The van der Waals surface area contributed by atoms with E-state index < -0.39 is 30.4 Å². The van der Waals surface area contributed by atoms with Gasteiger partial charge in [-0.3, -0.25) is 14.4 Å². The van der Waals surface area contributed by atoms with Gasteiger partial charge in [0, 0.05) is 13.0 Å². The van der Waals surface area contributed by atoms with Gasteiger partial charge in [0.05, 0.1) is 12.5 Å².